The summed E-state index contributed by atoms with van der Waals surface area (Å²) in [4.78, 5) is 10.4. The second kappa shape index (κ2) is 4.72. The first-order valence-corrected chi connectivity index (χ1v) is 7.54. The fourth-order valence-corrected chi connectivity index (χ4v) is 3.92. The molecule has 2 aromatic carbocycles. The maximum atomic E-state index is 12.7. The third kappa shape index (κ3) is 2.65. The topological polar surface area (TPSA) is 89.3 Å². The van der Waals surface area contributed by atoms with Gasteiger partial charge < -0.3 is 16.4 Å². The van der Waals surface area contributed by atoms with Gasteiger partial charge in [0.1, 0.15) is 0 Å². The van der Waals surface area contributed by atoms with Crippen LogP contribution in [0.15, 0.2) is 36.4 Å². The van der Waals surface area contributed by atoms with E-state index in [0.717, 1.165) is 5.56 Å². The Balaban J connectivity index is 2.61. The number of aryl methyl sites for hydroxylation is 2. The molecule has 0 aromatic heterocycles. The monoisotopic (exact) mass is 276 g/mol. The van der Waals surface area contributed by atoms with Crippen molar-refractivity contribution >= 4 is 29.4 Å². The summed E-state index contributed by atoms with van der Waals surface area (Å²) in [5.74, 6) is 0. The first kappa shape index (κ1) is 13.7. The van der Waals surface area contributed by atoms with E-state index in [4.69, 9.17) is 11.5 Å². The van der Waals surface area contributed by atoms with Crippen LogP contribution >= 0.6 is 7.37 Å². The molecule has 5 N–H and O–H groups in total. The van der Waals surface area contributed by atoms with E-state index in [1.165, 1.54) is 0 Å². The molecular formula is C14H17N2O2P. The highest BCUT2D eigenvalue weighted by atomic mass is 31.2. The molecule has 5 heteroatoms. The molecule has 1 atom stereocenters. The Morgan fingerprint density at radius 2 is 1.68 bits per heavy atom. The van der Waals surface area contributed by atoms with Crippen molar-refractivity contribution in [3.8, 4) is 0 Å². The van der Waals surface area contributed by atoms with E-state index in [-0.39, 0.29) is 0 Å². The van der Waals surface area contributed by atoms with Crippen LogP contribution in [0.2, 0.25) is 0 Å². The van der Waals surface area contributed by atoms with Crippen molar-refractivity contribution in [3.05, 3.63) is 47.5 Å². The highest BCUT2D eigenvalue weighted by Gasteiger charge is 2.26. The molecule has 100 valence electrons. The summed E-state index contributed by atoms with van der Waals surface area (Å²) in [6.07, 6.45) is 0. The highest BCUT2D eigenvalue weighted by Crippen LogP contribution is 2.40. The molecule has 0 saturated heterocycles. The first-order valence-electron chi connectivity index (χ1n) is 5.88. The largest absolute Gasteiger partial charge is 0.399 e. The standard InChI is InChI=1S/C14H17N2O2P/c1-9-5-12(16)8-13(6-9)19(17,18)14-4-3-11(15)7-10(14)2/h3-8H,15-16H2,1-2H3,(H,17,18). The molecule has 0 aliphatic carbocycles. The van der Waals surface area contributed by atoms with Crippen molar-refractivity contribution in [2.24, 2.45) is 0 Å². The van der Waals surface area contributed by atoms with Crippen LogP contribution in [-0.4, -0.2) is 4.89 Å². The van der Waals surface area contributed by atoms with Crippen LogP contribution in [0.25, 0.3) is 0 Å². The molecule has 0 radical (unpaired) electrons. The Kier molecular flexibility index (Phi) is 3.40. The predicted molar refractivity (Wildman–Crippen MR) is 80.3 cm³/mol. The van der Waals surface area contributed by atoms with Gasteiger partial charge in [-0.25, -0.2) is 0 Å². The van der Waals surface area contributed by atoms with E-state index < -0.39 is 7.37 Å². The Morgan fingerprint density at radius 3 is 2.26 bits per heavy atom. The lowest BCUT2D eigenvalue weighted by molar-refractivity contribution is 0.501. The molecule has 0 aliphatic rings. The van der Waals surface area contributed by atoms with Crippen molar-refractivity contribution in [1.29, 1.82) is 0 Å². The minimum atomic E-state index is -3.64. The van der Waals surface area contributed by atoms with Crippen molar-refractivity contribution in [2.75, 3.05) is 11.5 Å². The number of nitrogens with two attached hydrogens (primary N) is 2. The number of hydrogen-bond acceptors (Lipinski definition) is 3. The lowest BCUT2D eigenvalue weighted by atomic mass is 10.2. The zero-order valence-corrected chi connectivity index (χ0v) is 11.8. The third-order valence-electron chi connectivity index (χ3n) is 2.98. The van der Waals surface area contributed by atoms with Gasteiger partial charge in [-0.2, -0.15) is 0 Å². The van der Waals surface area contributed by atoms with Gasteiger partial charge in [-0.15, -0.1) is 0 Å². The van der Waals surface area contributed by atoms with Crippen LogP contribution in [-0.2, 0) is 4.57 Å². The Hall–Kier alpha value is -1.77. The van der Waals surface area contributed by atoms with Gasteiger partial charge in [-0.05, 0) is 61.4 Å². The fourth-order valence-electron chi connectivity index (χ4n) is 2.12. The van der Waals surface area contributed by atoms with E-state index >= 15 is 0 Å². The van der Waals surface area contributed by atoms with Gasteiger partial charge in [0.15, 0.2) is 0 Å². The van der Waals surface area contributed by atoms with Gasteiger partial charge >= 0.3 is 0 Å². The van der Waals surface area contributed by atoms with E-state index in [1.807, 2.05) is 6.92 Å². The highest BCUT2D eigenvalue weighted by molar-refractivity contribution is 7.73. The molecular weight excluding hydrogens is 259 g/mol. The summed E-state index contributed by atoms with van der Waals surface area (Å²) in [6, 6.07) is 9.92. The number of anilines is 2. The Labute approximate surface area is 112 Å². The lowest BCUT2D eigenvalue weighted by Crippen LogP contribution is -2.19. The molecule has 0 saturated carbocycles. The Bertz CT molecular complexity index is 663. The average Bonchev–Trinajstić information content (AvgIpc) is 2.26. The minimum Gasteiger partial charge on any atom is -0.399 e. The normalized spacial score (nSPS) is 14.1. The summed E-state index contributed by atoms with van der Waals surface area (Å²) in [6.45, 7) is 3.61. The van der Waals surface area contributed by atoms with Crippen LogP contribution in [0.1, 0.15) is 11.1 Å². The van der Waals surface area contributed by atoms with Crippen LogP contribution in [0.4, 0.5) is 11.4 Å². The van der Waals surface area contributed by atoms with Crippen LogP contribution in [0.3, 0.4) is 0 Å². The smallest absolute Gasteiger partial charge is 0.259 e. The number of hydrogen-bond donors (Lipinski definition) is 3. The summed E-state index contributed by atoms with van der Waals surface area (Å²) in [7, 11) is -3.64. The van der Waals surface area contributed by atoms with Gasteiger partial charge in [0, 0.05) is 22.0 Å². The SMILES string of the molecule is Cc1cc(N)cc(P(=O)(O)c2ccc(N)cc2C)c1. The van der Waals surface area contributed by atoms with Gasteiger partial charge in [0.2, 0.25) is 0 Å². The molecule has 0 fully saturated rings. The average molecular weight is 276 g/mol. The zero-order chi connectivity index (χ0) is 14.2. The van der Waals surface area contributed by atoms with Crippen molar-refractivity contribution in [2.45, 2.75) is 13.8 Å². The van der Waals surface area contributed by atoms with Crippen molar-refractivity contribution < 1.29 is 9.46 Å². The van der Waals surface area contributed by atoms with Crippen LogP contribution in [0.5, 0.6) is 0 Å². The lowest BCUT2D eigenvalue weighted by Gasteiger charge is -2.16. The van der Waals surface area contributed by atoms with Crippen molar-refractivity contribution in [3.63, 3.8) is 0 Å². The minimum absolute atomic E-state index is 0.345. The van der Waals surface area contributed by atoms with Gasteiger partial charge in [-0.3, -0.25) is 4.57 Å². The number of nitrogen functional groups attached to an aromatic ring is 2. The summed E-state index contributed by atoms with van der Waals surface area (Å²) < 4.78 is 12.7. The number of benzene rings is 2. The maximum Gasteiger partial charge on any atom is 0.259 e. The van der Waals surface area contributed by atoms with Crippen molar-refractivity contribution in [1.82, 2.24) is 0 Å². The molecule has 0 bridgehead atoms. The maximum absolute atomic E-state index is 12.7. The molecule has 19 heavy (non-hydrogen) atoms. The van der Waals surface area contributed by atoms with E-state index in [9.17, 15) is 9.46 Å². The predicted octanol–water partition coefficient (Wildman–Crippen LogP) is 1.69. The zero-order valence-electron chi connectivity index (χ0n) is 10.9. The van der Waals surface area contributed by atoms with Crippen LogP contribution < -0.4 is 22.1 Å². The summed E-state index contributed by atoms with van der Waals surface area (Å²) in [5.41, 5.74) is 14.0. The molecule has 1 unspecified atom stereocenters. The molecule has 0 amide bonds. The van der Waals surface area contributed by atoms with E-state index in [0.29, 0.717) is 27.5 Å². The quantitative estimate of drug-likeness (QED) is 0.575. The molecule has 2 aromatic rings. The van der Waals surface area contributed by atoms with Gasteiger partial charge in [0.25, 0.3) is 7.37 Å². The second-order valence-electron chi connectivity index (χ2n) is 4.72. The summed E-state index contributed by atoms with van der Waals surface area (Å²) in [5, 5.41) is 0.740. The molecule has 0 aliphatic heterocycles. The third-order valence-corrected chi connectivity index (χ3v) is 5.09. The fraction of sp³-hybridized carbons (Fsp3) is 0.143. The molecule has 2 rings (SSSR count). The first-order chi connectivity index (χ1) is 8.80. The van der Waals surface area contributed by atoms with E-state index in [1.54, 1.807) is 43.3 Å². The molecule has 0 heterocycles. The van der Waals surface area contributed by atoms with Crippen LogP contribution in [0, 0.1) is 13.8 Å². The second-order valence-corrected chi connectivity index (χ2v) is 6.87. The van der Waals surface area contributed by atoms with Gasteiger partial charge in [0.05, 0.1) is 0 Å². The summed E-state index contributed by atoms with van der Waals surface area (Å²) >= 11 is 0. The molecule has 0 spiro atoms. The number of rotatable bonds is 2. The Morgan fingerprint density at radius 1 is 1.00 bits per heavy atom. The molecule has 4 nitrogen and oxygen atoms in total. The van der Waals surface area contributed by atoms with Gasteiger partial charge in [-0.1, -0.05) is 0 Å². The van der Waals surface area contributed by atoms with E-state index in [2.05, 4.69) is 0 Å².